The Balaban J connectivity index is 2.55. The lowest BCUT2D eigenvalue weighted by atomic mass is 10.1. The first-order valence-electron chi connectivity index (χ1n) is 5.95. The van der Waals surface area contributed by atoms with E-state index in [2.05, 4.69) is 5.32 Å². The third kappa shape index (κ3) is 4.90. The number of carbonyl (C=O) groups is 1. The molecule has 0 aliphatic carbocycles. The van der Waals surface area contributed by atoms with Crippen molar-refractivity contribution in [2.45, 2.75) is 19.8 Å². The molecule has 19 heavy (non-hydrogen) atoms. The molecule has 106 valence electrons. The normalized spacial score (nSPS) is 12.3. The van der Waals surface area contributed by atoms with Crippen LogP contribution in [0.1, 0.15) is 18.9 Å². The molecule has 0 saturated heterocycles. The Morgan fingerprint density at radius 2 is 1.89 bits per heavy atom. The van der Waals surface area contributed by atoms with Crippen molar-refractivity contribution >= 4 is 5.91 Å². The Labute approximate surface area is 109 Å². The highest BCUT2D eigenvalue weighted by Crippen LogP contribution is 2.14. The topological polar surface area (TPSA) is 49.3 Å². The minimum absolute atomic E-state index is 0.0227. The SMILES string of the molecule is CC(CCO)CNC(=O)Cc1cc(F)c(F)cc1F. The summed E-state index contributed by atoms with van der Waals surface area (Å²) in [7, 11) is 0. The fraction of sp³-hybridized carbons (Fsp3) is 0.462. The zero-order chi connectivity index (χ0) is 14.4. The minimum atomic E-state index is -1.28. The fourth-order valence-electron chi connectivity index (χ4n) is 1.55. The Bertz CT molecular complexity index is 452. The van der Waals surface area contributed by atoms with Crippen LogP contribution in [-0.4, -0.2) is 24.2 Å². The number of amides is 1. The van der Waals surface area contributed by atoms with E-state index < -0.39 is 23.4 Å². The van der Waals surface area contributed by atoms with Crippen molar-refractivity contribution in [2.75, 3.05) is 13.2 Å². The van der Waals surface area contributed by atoms with Crippen LogP contribution in [0.25, 0.3) is 0 Å². The van der Waals surface area contributed by atoms with Crippen molar-refractivity contribution in [1.82, 2.24) is 5.32 Å². The van der Waals surface area contributed by atoms with E-state index in [1.54, 1.807) is 0 Å². The van der Waals surface area contributed by atoms with Crippen LogP contribution in [0, 0.1) is 23.4 Å². The number of hydrogen-bond acceptors (Lipinski definition) is 2. The molecular weight excluding hydrogens is 259 g/mol. The second-order valence-electron chi connectivity index (χ2n) is 4.46. The molecule has 0 bridgehead atoms. The van der Waals surface area contributed by atoms with Crippen LogP contribution in [0.4, 0.5) is 13.2 Å². The Hall–Kier alpha value is -1.56. The highest BCUT2D eigenvalue weighted by atomic mass is 19.2. The molecule has 1 atom stereocenters. The number of nitrogens with one attached hydrogen (secondary N) is 1. The van der Waals surface area contributed by atoms with Gasteiger partial charge in [-0.1, -0.05) is 6.92 Å². The fourth-order valence-corrected chi connectivity index (χ4v) is 1.55. The maximum Gasteiger partial charge on any atom is 0.224 e. The van der Waals surface area contributed by atoms with Gasteiger partial charge in [-0.25, -0.2) is 13.2 Å². The lowest BCUT2D eigenvalue weighted by Gasteiger charge is -2.11. The number of benzene rings is 1. The number of halogens is 3. The second-order valence-corrected chi connectivity index (χ2v) is 4.46. The largest absolute Gasteiger partial charge is 0.396 e. The molecule has 1 amide bonds. The average molecular weight is 275 g/mol. The molecule has 0 aliphatic heterocycles. The lowest BCUT2D eigenvalue weighted by Crippen LogP contribution is -2.30. The van der Waals surface area contributed by atoms with E-state index in [0.717, 1.165) is 0 Å². The van der Waals surface area contributed by atoms with Gasteiger partial charge < -0.3 is 10.4 Å². The monoisotopic (exact) mass is 275 g/mol. The van der Waals surface area contributed by atoms with Crippen LogP contribution in [0.5, 0.6) is 0 Å². The van der Waals surface area contributed by atoms with Crippen molar-refractivity contribution in [3.8, 4) is 0 Å². The molecule has 0 spiro atoms. The van der Waals surface area contributed by atoms with E-state index >= 15 is 0 Å². The van der Waals surface area contributed by atoms with Crippen molar-refractivity contribution in [1.29, 1.82) is 0 Å². The first-order chi connectivity index (χ1) is 8.93. The molecule has 0 heterocycles. The Kier molecular flexibility index (Phi) is 5.82. The zero-order valence-electron chi connectivity index (χ0n) is 10.5. The summed E-state index contributed by atoms with van der Waals surface area (Å²) in [5.74, 6) is -3.80. The molecule has 1 aromatic carbocycles. The van der Waals surface area contributed by atoms with E-state index in [1.807, 2.05) is 6.92 Å². The number of rotatable bonds is 6. The van der Waals surface area contributed by atoms with E-state index in [-0.39, 0.29) is 24.5 Å². The molecule has 2 N–H and O–H groups in total. The summed E-state index contributed by atoms with van der Waals surface area (Å²) in [6, 6.07) is 1.10. The van der Waals surface area contributed by atoms with Crippen LogP contribution in [0.15, 0.2) is 12.1 Å². The first kappa shape index (κ1) is 15.5. The molecule has 0 saturated carbocycles. The summed E-state index contributed by atoms with van der Waals surface area (Å²) in [4.78, 5) is 11.5. The summed E-state index contributed by atoms with van der Waals surface area (Å²) in [6.45, 7) is 2.20. The zero-order valence-corrected chi connectivity index (χ0v) is 10.5. The number of hydrogen-bond donors (Lipinski definition) is 2. The van der Waals surface area contributed by atoms with Gasteiger partial charge in [-0.15, -0.1) is 0 Å². The van der Waals surface area contributed by atoms with Gasteiger partial charge in [0.05, 0.1) is 6.42 Å². The Morgan fingerprint density at radius 3 is 2.53 bits per heavy atom. The van der Waals surface area contributed by atoms with Gasteiger partial charge in [0.2, 0.25) is 5.91 Å². The van der Waals surface area contributed by atoms with Crippen molar-refractivity contribution in [3.05, 3.63) is 35.1 Å². The van der Waals surface area contributed by atoms with Crippen LogP contribution in [0.3, 0.4) is 0 Å². The highest BCUT2D eigenvalue weighted by molar-refractivity contribution is 5.78. The number of aliphatic hydroxyl groups excluding tert-OH is 1. The van der Waals surface area contributed by atoms with Crippen molar-refractivity contribution in [3.63, 3.8) is 0 Å². The molecular formula is C13H16F3NO2. The van der Waals surface area contributed by atoms with Crippen LogP contribution < -0.4 is 5.32 Å². The maximum absolute atomic E-state index is 13.3. The molecule has 0 fully saturated rings. The van der Waals surface area contributed by atoms with E-state index in [9.17, 15) is 18.0 Å². The van der Waals surface area contributed by atoms with Crippen molar-refractivity contribution in [2.24, 2.45) is 5.92 Å². The van der Waals surface area contributed by atoms with Crippen molar-refractivity contribution < 1.29 is 23.1 Å². The molecule has 6 heteroatoms. The van der Waals surface area contributed by atoms with E-state index in [1.165, 1.54) is 0 Å². The summed E-state index contributed by atoms with van der Waals surface area (Å²) in [6.07, 6.45) is 0.189. The summed E-state index contributed by atoms with van der Waals surface area (Å²) >= 11 is 0. The standard InChI is InChI=1S/C13H16F3NO2/c1-8(2-3-18)7-17-13(19)5-9-4-11(15)12(16)6-10(9)14/h4,6,8,18H,2-3,5,7H2,1H3,(H,17,19). The third-order valence-electron chi connectivity index (χ3n) is 2.71. The summed E-state index contributed by atoms with van der Waals surface area (Å²) in [5.41, 5.74) is -0.189. The lowest BCUT2D eigenvalue weighted by molar-refractivity contribution is -0.120. The van der Waals surface area contributed by atoms with Gasteiger partial charge in [0.25, 0.3) is 0 Å². The van der Waals surface area contributed by atoms with Gasteiger partial charge in [-0.3, -0.25) is 4.79 Å². The summed E-state index contributed by atoms with van der Waals surface area (Å²) in [5, 5.41) is 11.2. The second kappa shape index (κ2) is 7.13. The third-order valence-corrected chi connectivity index (χ3v) is 2.71. The predicted octanol–water partition coefficient (Wildman–Crippen LogP) is 1.78. The van der Waals surface area contributed by atoms with Gasteiger partial charge in [-0.2, -0.15) is 0 Å². The number of aliphatic hydroxyl groups is 1. The predicted molar refractivity (Wildman–Crippen MR) is 63.9 cm³/mol. The molecule has 3 nitrogen and oxygen atoms in total. The van der Waals surface area contributed by atoms with E-state index in [4.69, 9.17) is 5.11 Å². The van der Waals surface area contributed by atoms with Crippen LogP contribution in [-0.2, 0) is 11.2 Å². The van der Waals surface area contributed by atoms with Gasteiger partial charge in [-0.05, 0) is 18.4 Å². The summed E-state index contributed by atoms with van der Waals surface area (Å²) < 4.78 is 38.9. The minimum Gasteiger partial charge on any atom is -0.396 e. The molecule has 0 aromatic heterocycles. The smallest absolute Gasteiger partial charge is 0.224 e. The van der Waals surface area contributed by atoms with Gasteiger partial charge >= 0.3 is 0 Å². The van der Waals surface area contributed by atoms with Crippen LogP contribution >= 0.6 is 0 Å². The molecule has 0 radical (unpaired) electrons. The van der Waals surface area contributed by atoms with Gasteiger partial charge in [0.1, 0.15) is 5.82 Å². The first-order valence-corrected chi connectivity index (χ1v) is 5.95. The maximum atomic E-state index is 13.3. The van der Waals surface area contributed by atoms with Crippen LogP contribution in [0.2, 0.25) is 0 Å². The van der Waals surface area contributed by atoms with Gasteiger partial charge in [0, 0.05) is 24.8 Å². The van der Waals surface area contributed by atoms with Gasteiger partial charge in [0.15, 0.2) is 11.6 Å². The highest BCUT2D eigenvalue weighted by Gasteiger charge is 2.13. The molecule has 0 aliphatic rings. The molecule has 1 rings (SSSR count). The van der Waals surface area contributed by atoms with E-state index in [0.29, 0.717) is 25.1 Å². The Morgan fingerprint density at radius 1 is 1.26 bits per heavy atom. The quantitative estimate of drug-likeness (QED) is 0.778. The molecule has 1 aromatic rings. The average Bonchev–Trinajstić information content (AvgIpc) is 2.34. The number of carbonyl (C=O) groups excluding carboxylic acids is 1. The molecule has 1 unspecified atom stereocenters.